The molecular formula is C25H30O7. The fourth-order valence-corrected chi connectivity index (χ4v) is 8.34. The lowest BCUT2D eigenvalue weighted by atomic mass is 9.40. The van der Waals surface area contributed by atoms with Crippen LogP contribution in [0.4, 0.5) is 0 Å². The van der Waals surface area contributed by atoms with Crippen molar-refractivity contribution in [3.05, 3.63) is 36.3 Å². The van der Waals surface area contributed by atoms with Gasteiger partial charge in [-0.3, -0.25) is 4.79 Å². The molecule has 3 aliphatic carbocycles. The van der Waals surface area contributed by atoms with Gasteiger partial charge in [0.2, 0.25) is 0 Å². The SMILES string of the molecule is CC1(C)C(=O)C=C[C@]2(C)C3CC[C@@]4(C)[C@H](c5ccoc5)OC(=O)[C@H]5O[C@]54C3[C@H](O)[C@H](O)C12. The van der Waals surface area contributed by atoms with Crippen LogP contribution in [-0.4, -0.2) is 45.9 Å². The molecule has 0 bridgehead atoms. The molecule has 4 fully saturated rings. The lowest BCUT2D eigenvalue weighted by molar-refractivity contribution is -0.237. The Morgan fingerprint density at radius 1 is 1.06 bits per heavy atom. The topological polar surface area (TPSA) is 110 Å². The van der Waals surface area contributed by atoms with Crippen molar-refractivity contribution in [2.45, 2.75) is 70.6 Å². The van der Waals surface area contributed by atoms with Gasteiger partial charge in [-0.05, 0) is 36.3 Å². The van der Waals surface area contributed by atoms with Crippen molar-refractivity contribution in [3.8, 4) is 0 Å². The minimum Gasteiger partial charge on any atom is -0.472 e. The van der Waals surface area contributed by atoms with Crippen molar-refractivity contribution in [2.24, 2.45) is 34.0 Å². The van der Waals surface area contributed by atoms with Gasteiger partial charge in [0.25, 0.3) is 0 Å². The average molecular weight is 443 g/mol. The number of cyclic esters (lactones) is 1. The third kappa shape index (κ3) is 2.09. The molecular weight excluding hydrogens is 412 g/mol. The van der Waals surface area contributed by atoms with Gasteiger partial charge in [-0.25, -0.2) is 4.79 Å². The van der Waals surface area contributed by atoms with Crippen LogP contribution in [-0.2, 0) is 19.1 Å². The quantitative estimate of drug-likeness (QED) is 0.508. The van der Waals surface area contributed by atoms with Gasteiger partial charge in [0, 0.05) is 28.2 Å². The summed E-state index contributed by atoms with van der Waals surface area (Å²) in [5.41, 5.74) is -2.06. The molecule has 2 N–H and O–H groups in total. The Hall–Kier alpha value is -1.96. The van der Waals surface area contributed by atoms with E-state index in [-0.39, 0.29) is 11.7 Å². The van der Waals surface area contributed by atoms with Crippen LogP contribution in [0.3, 0.4) is 0 Å². The number of aliphatic hydroxyl groups is 2. The predicted molar refractivity (Wildman–Crippen MR) is 111 cm³/mol. The molecule has 7 heteroatoms. The van der Waals surface area contributed by atoms with E-state index in [2.05, 4.69) is 13.8 Å². The van der Waals surface area contributed by atoms with Gasteiger partial charge in [-0.1, -0.05) is 33.8 Å². The Labute approximate surface area is 186 Å². The lowest BCUT2D eigenvalue weighted by Crippen LogP contribution is -2.71. The van der Waals surface area contributed by atoms with Gasteiger partial charge in [-0.2, -0.15) is 0 Å². The average Bonchev–Trinajstić information content (AvgIpc) is 3.26. The number of hydrogen-bond acceptors (Lipinski definition) is 7. The molecule has 6 rings (SSSR count). The second-order valence-corrected chi connectivity index (χ2v) is 11.5. The summed E-state index contributed by atoms with van der Waals surface area (Å²) in [4.78, 5) is 25.6. The minimum absolute atomic E-state index is 0.0368. The highest BCUT2D eigenvalue weighted by atomic mass is 16.7. The van der Waals surface area contributed by atoms with E-state index >= 15 is 0 Å². The van der Waals surface area contributed by atoms with Gasteiger partial charge >= 0.3 is 5.97 Å². The van der Waals surface area contributed by atoms with Crippen LogP contribution < -0.4 is 0 Å². The number of carbonyl (C=O) groups excluding carboxylic acids is 2. The fourth-order valence-electron chi connectivity index (χ4n) is 8.34. The first kappa shape index (κ1) is 20.6. The van der Waals surface area contributed by atoms with Gasteiger partial charge in [0.15, 0.2) is 11.9 Å². The normalized spacial score (nSPS) is 52.9. The standard InChI is InChI=1S/C25H30O7/c1-22(2)14(26)6-8-23(3)13-5-9-24(4)19(12-7-10-30-11-12)31-21(29)20-25(24,32-20)15(13)16(27)17(28)18(22)23/h6-8,10-11,13,15-20,27-28H,5,9H2,1-4H3/t13?,15?,16-,17-,18?,19-,20+,23+,24-,25+/m0/s1. The number of esters is 1. The Morgan fingerprint density at radius 3 is 2.50 bits per heavy atom. The summed E-state index contributed by atoms with van der Waals surface area (Å²) in [7, 11) is 0. The Morgan fingerprint density at radius 2 is 1.81 bits per heavy atom. The number of aliphatic hydroxyl groups excluding tert-OH is 2. The smallest absolute Gasteiger partial charge is 0.339 e. The lowest BCUT2D eigenvalue weighted by Gasteiger charge is -2.65. The summed E-state index contributed by atoms with van der Waals surface area (Å²) in [6, 6.07) is 1.80. The molecule has 1 aromatic rings. The van der Waals surface area contributed by atoms with Crippen LogP contribution in [0.15, 0.2) is 35.2 Å². The molecule has 172 valence electrons. The van der Waals surface area contributed by atoms with Gasteiger partial charge in [-0.15, -0.1) is 0 Å². The fraction of sp³-hybridized carbons (Fsp3) is 0.680. The van der Waals surface area contributed by atoms with Gasteiger partial charge < -0.3 is 24.1 Å². The molecule has 5 aliphatic rings. The van der Waals surface area contributed by atoms with E-state index < -0.39 is 64.1 Å². The monoisotopic (exact) mass is 442 g/mol. The molecule has 0 amide bonds. The summed E-state index contributed by atoms with van der Waals surface area (Å²) < 4.78 is 17.4. The summed E-state index contributed by atoms with van der Waals surface area (Å²) in [5, 5.41) is 23.0. The number of ether oxygens (including phenoxy) is 2. The van der Waals surface area contributed by atoms with Gasteiger partial charge in [0.1, 0.15) is 11.7 Å². The van der Waals surface area contributed by atoms with Crippen molar-refractivity contribution in [3.63, 3.8) is 0 Å². The van der Waals surface area contributed by atoms with Crippen LogP contribution >= 0.6 is 0 Å². The third-order valence-electron chi connectivity index (χ3n) is 9.85. The number of fused-ring (bicyclic) bond motifs is 3. The highest BCUT2D eigenvalue weighted by Gasteiger charge is 2.84. The summed E-state index contributed by atoms with van der Waals surface area (Å²) in [5.74, 6) is -1.41. The molecule has 10 atom stereocenters. The van der Waals surface area contributed by atoms with Crippen molar-refractivity contribution >= 4 is 11.8 Å². The molecule has 2 saturated carbocycles. The van der Waals surface area contributed by atoms with Crippen LogP contribution in [0.2, 0.25) is 0 Å². The van der Waals surface area contributed by atoms with E-state index in [1.54, 1.807) is 24.7 Å². The van der Waals surface area contributed by atoms with E-state index in [0.29, 0.717) is 0 Å². The second-order valence-electron chi connectivity index (χ2n) is 11.5. The van der Waals surface area contributed by atoms with Crippen LogP contribution in [0, 0.1) is 34.0 Å². The molecule has 3 heterocycles. The summed E-state index contributed by atoms with van der Waals surface area (Å²) in [6.07, 6.45) is 4.67. The van der Waals surface area contributed by atoms with Crippen molar-refractivity contribution < 1.29 is 33.7 Å². The van der Waals surface area contributed by atoms with E-state index in [0.717, 1.165) is 18.4 Å². The summed E-state index contributed by atoms with van der Waals surface area (Å²) >= 11 is 0. The summed E-state index contributed by atoms with van der Waals surface area (Å²) in [6.45, 7) is 7.85. The predicted octanol–water partition coefficient (Wildman–Crippen LogP) is 2.57. The number of carbonyl (C=O) groups is 2. The number of allylic oxidation sites excluding steroid dienone is 2. The minimum atomic E-state index is -1.11. The molecule has 2 saturated heterocycles. The maximum absolute atomic E-state index is 12.9. The van der Waals surface area contributed by atoms with Crippen LogP contribution in [0.5, 0.6) is 0 Å². The molecule has 7 nitrogen and oxygen atoms in total. The first-order valence-electron chi connectivity index (χ1n) is 11.5. The van der Waals surface area contributed by atoms with Crippen molar-refractivity contribution in [2.75, 3.05) is 0 Å². The van der Waals surface area contributed by atoms with E-state index in [1.807, 2.05) is 19.9 Å². The molecule has 1 spiro atoms. The van der Waals surface area contributed by atoms with E-state index in [4.69, 9.17) is 13.9 Å². The maximum atomic E-state index is 12.9. The molecule has 0 aromatic carbocycles. The molecule has 0 radical (unpaired) electrons. The molecule has 2 aliphatic heterocycles. The Balaban J connectivity index is 1.50. The number of furan rings is 1. The van der Waals surface area contributed by atoms with E-state index in [9.17, 15) is 19.8 Å². The number of ketones is 1. The number of rotatable bonds is 1. The zero-order chi connectivity index (χ0) is 22.8. The Bertz CT molecular complexity index is 1030. The van der Waals surface area contributed by atoms with Crippen molar-refractivity contribution in [1.29, 1.82) is 0 Å². The molecule has 3 unspecified atom stereocenters. The third-order valence-corrected chi connectivity index (χ3v) is 9.85. The van der Waals surface area contributed by atoms with Gasteiger partial charge in [0.05, 0.1) is 24.7 Å². The highest BCUT2D eigenvalue weighted by Crippen LogP contribution is 2.75. The zero-order valence-electron chi connectivity index (χ0n) is 18.8. The Kier molecular flexibility index (Phi) is 3.82. The molecule has 32 heavy (non-hydrogen) atoms. The zero-order valence-corrected chi connectivity index (χ0v) is 18.8. The number of epoxide rings is 1. The maximum Gasteiger partial charge on any atom is 0.339 e. The largest absolute Gasteiger partial charge is 0.472 e. The number of hydrogen-bond donors (Lipinski definition) is 2. The second kappa shape index (κ2) is 5.93. The highest BCUT2D eigenvalue weighted by molar-refractivity contribution is 5.96. The van der Waals surface area contributed by atoms with Crippen LogP contribution in [0.25, 0.3) is 0 Å². The van der Waals surface area contributed by atoms with E-state index in [1.165, 1.54) is 0 Å². The first-order valence-corrected chi connectivity index (χ1v) is 11.5. The van der Waals surface area contributed by atoms with Crippen LogP contribution in [0.1, 0.15) is 52.2 Å². The first-order chi connectivity index (χ1) is 15.0. The molecule has 1 aromatic heterocycles. The van der Waals surface area contributed by atoms with Crippen molar-refractivity contribution in [1.82, 2.24) is 0 Å².